The normalized spacial score (nSPS) is 16.9. The van der Waals surface area contributed by atoms with E-state index in [1.165, 1.54) is 0 Å². The Kier molecular flexibility index (Phi) is 3.90. The van der Waals surface area contributed by atoms with Gasteiger partial charge in [0.1, 0.15) is 5.75 Å². The van der Waals surface area contributed by atoms with Crippen LogP contribution in [0.1, 0.15) is 31.2 Å². The molecular formula is C16H19N3O2. The minimum absolute atomic E-state index is 0.0207. The molecule has 2 heterocycles. The molecule has 0 fully saturated rings. The van der Waals surface area contributed by atoms with Crippen molar-refractivity contribution in [2.24, 2.45) is 0 Å². The van der Waals surface area contributed by atoms with Gasteiger partial charge < -0.3 is 10.1 Å². The number of aryl methyl sites for hydroxylation is 1. The first kappa shape index (κ1) is 13.7. The summed E-state index contributed by atoms with van der Waals surface area (Å²) in [5.41, 5.74) is 1.88. The molecule has 5 nitrogen and oxygen atoms in total. The van der Waals surface area contributed by atoms with Crippen molar-refractivity contribution in [1.29, 1.82) is 0 Å². The Labute approximate surface area is 123 Å². The van der Waals surface area contributed by atoms with Gasteiger partial charge in [-0.2, -0.15) is 5.10 Å². The van der Waals surface area contributed by atoms with Gasteiger partial charge in [-0.05, 0) is 30.9 Å². The fourth-order valence-corrected chi connectivity index (χ4v) is 2.66. The van der Waals surface area contributed by atoms with E-state index < -0.39 is 0 Å². The van der Waals surface area contributed by atoms with Crippen LogP contribution in [0.25, 0.3) is 0 Å². The Hall–Kier alpha value is -2.30. The molecule has 1 aliphatic heterocycles. The minimum atomic E-state index is 0.0207. The maximum Gasteiger partial charge on any atom is 0.225 e. The molecule has 0 saturated carbocycles. The molecule has 2 aromatic rings. The Morgan fingerprint density at radius 2 is 2.33 bits per heavy atom. The van der Waals surface area contributed by atoms with E-state index in [0.29, 0.717) is 13.0 Å². The second kappa shape index (κ2) is 5.99. The summed E-state index contributed by atoms with van der Waals surface area (Å²) in [5.74, 6) is 1.14. The molecule has 0 radical (unpaired) electrons. The molecule has 0 spiro atoms. The minimum Gasteiger partial charge on any atom is -0.493 e. The molecule has 1 atom stereocenters. The first-order valence-electron chi connectivity index (χ1n) is 7.30. The van der Waals surface area contributed by atoms with Crippen LogP contribution in [0.15, 0.2) is 36.7 Å². The fourth-order valence-electron chi connectivity index (χ4n) is 2.66. The number of carbonyl (C=O) groups is 1. The highest BCUT2D eigenvalue weighted by Crippen LogP contribution is 2.35. The lowest BCUT2D eigenvalue weighted by atomic mass is 9.90. The van der Waals surface area contributed by atoms with Crippen LogP contribution < -0.4 is 10.1 Å². The van der Waals surface area contributed by atoms with Gasteiger partial charge in [-0.3, -0.25) is 9.48 Å². The van der Waals surface area contributed by atoms with Crippen LogP contribution in [0.5, 0.6) is 5.75 Å². The number of hydrogen-bond donors (Lipinski definition) is 1. The van der Waals surface area contributed by atoms with E-state index in [1.54, 1.807) is 10.9 Å². The zero-order valence-electron chi connectivity index (χ0n) is 12.1. The van der Waals surface area contributed by atoms with E-state index in [4.69, 9.17) is 4.74 Å². The lowest BCUT2D eigenvalue weighted by molar-refractivity contribution is -0.116. The van der Waals surface area contributed by atoms with Crippen LogP contribution in [0.3, 0.4) is 0 Å². The van der Waals surface area contributed by atoms with E-state index in [1.807, 2.05) is 37.4 Å². The standard InChI is InChI=1S/C16H19N3O2/c1-2-19-11-13(10-17-19)18-16(20)9-12-7-8-21-15-6-4-3-5-14(12)15/h3-6,10-12H,2,7-9H2,1H3,(H,18,20). The fraction of sp³-hybridized carbons (Fsp3) is 0.375. The number of nitrogens with zero attached hydrogens (tertiary/aromatic N) is 2. The maximum absolute atomic E-state index is 12.2. The zero-order valence-corrected chi connectivity index (χ0v) is 12.1. The maximum atomic E-state index is 12.2. The molecule has 3 rings (SSSR count). The molecule has 21 heavy (non-hydrogen) atoms. The number of anilines is 1. The highest BCUT2D eigenvalue weighted by atomic mass is 16.5. The highest BCUT2D eigenvalue weighted by molar-refractivity contribution is 5.91. The van der Waals surface area contributed by atoms with Crippen LogP contribution in [0.2, 0.25) is 0 Å². The monoisotopic (exact) mass is 285 g/mol. The molecule has 1 unspecified atom stereocenters. The van der Waals surface area contributed by atoms with Crippen molar-refractivity contribution in [2.75, 3.05) is 11.9 Å². The number of para-hydroxylation sites is 1. The molecule has 1 aliphatic rings. The highest BCUT2D eigenvalue weighted by Gasteiger charge is 2.23. The number of rotatable bonds is 4. The first-order valence-corrected chi connectivity index (χ1v) is 7.30. The number of fused-ring (bicyclic) bond motifs is 1. The second-order valence-electron chi connectivity index (χ2n) is 5.21. The van der Waals surface area contributed by atoms with E-state index in [2.05, 4.69) is 10.4 Å². The number of nitrogens with one attached hydrogen (secondary N) is 1. The topological polar surface area (TPSA) is 56.2 Å². The van der Waals surface area contributed by atoms with Crippen molar-refractivity contribution in [3.8, 4) is 5.75 Å². The molecule has 1 aromatic heterocycles. The quantitative estimate of drug-likeness (QED) is 0.939. The van der Waals surface area contributed by atoms with Crippen molar-refractivity contribution in [1.82, 2.24) is 9.78 Å². The molecule has 0 aliphatic carbocycles. The van der Waals surface area contributed by atoms with Gasteiger partial charge in [0.05, 0.1) is 18.5 Å². The van der Waals surface area contributed by atoms with Crippen LogP contribution in [-0.2, 0) is 11.3 Å². The van der Waals surface area contributed by atoms with Gasteiger partial charge in [0.25, 0.3) is 0 Å². The van der Waals surface area contributed by atoms with Gasteiger partial charge in [-0.1, -0.05) is 18.2 Å². The number of aromatic nitrogens is 2. The van der Waals surface area contributed by atoms with E-state index >= 15 is 0 Å². The van der Waals surface area contributed by atoms with Crippen molar-refractivity contribution >= 4 is 11.6 Å². The molecule has 1 aromatic carbocycles. The first-order chi connectivity index (χ1) is 10.3. The molecule has 0 saturated heterocycles. The van der Waals surface area contributed by atoms with Gasteiger partial charge in [0.2, 0.25) is 5.91 Å². The summed E-state index contributed by atoms with van der Waals surface area (Å²) in [6.45, 7) is 3.48. The van der Waals surface area contributed by atoms with Crippen molar-refractivity contribution in [2.45, 2.75) is 32.2 Å². The largest absolute Gasteiger partial charge is 0.493 e. The average Bonchev–Trinajstić information content (AvgIpc) is 2.95. The smallest absolute Gasteiger partial charge is 0.225 e. The summed E-state index contributed by atoms with van der Waals surface area (Å²) in [6, 6.07) is 7.95. The molecule has 0 bridgehead atoms. The van der Waals surface area contributed by atoms with Crippen molar-refractivity contribution in [3.05, 3.63) is 42.2 Å². The van der Waals surface area contributed by atoms with Gasteiger partial charge >= 0.3 is 0 Å². The van der Waals surface area contributed by atoms with Crippen molar-refractivity contribution < 1.29 is 9.53 Å². The van der Waals surface area contributed by atoms with Crippen LogP contribution in [0, 0.1) is 0 Å². The van der Waals surface area contributed by atoms with E-state index in [-0.39, 0.29) is 11.8 Å². The Morgan fingerprint density at radius 3 is 3.14 bits per heavy atom. The Bertz CT molecular complexity index is 636. The number of hydrogen-bond acceptors (Lipinski definition) is 3. The molecular weight excluding hydrogens is 266 g/mol. The van der Waals surface area contributed by atoms with Gasteiger partial charge in [-0.25, -0.2) is 0 Å². The molecule has 110 valence electrons. The lowest BCUT2D eigenvalue weighted by Gasteiger charge is -2.25. The second-order valence-corrected chi connectivity index (χ2v) is 5.21. The molecule has 1 amide bonds. The number of carbonyl (C=O) groups excluding carboxylic acids is 1. The lowest BCUT2D eigenvalue weighted by Crippen LogP contribution is -2.20. The van der Waals surface area contributed by atoms with Gasteiger partial charge in [0, 0.05) is 19.2 Å². The summed E-state index contributed by atoms with van der Waals surface area (Å²) in [7, 11) is 0. The summed E-state index contributed by atoms with van der Waals surface area (Å²) in [4.78, 5) is 12.2. The SMILES string of the molecule is CCn1cc(NC(=O)CC2CCOc3ccccc32)cn1. The Morgan fingerprint density at radius 1 is 1.48 bits per heavy atom. The van der Waals surface area contributed by atoms with Crippen molar-refractivity contribution in [3.63, 3.8) is 0 Å². The number of benzene rings is 1. The summed E-state index contributed by atoms with van der Waals surface area (Å²) >= 11 is 0. The number of ether oxygens (including phenoxy) is 1. The molecule has 5 heteroatoms. The summed E-state index contributed by atoms with van der Waals surface area (Å²) in [6.07, 6.45) is 4.87. The zero-order chi connectivity index (χ0) is 14.7. The van der Waals surface area contributed by atoms with Crippen LogP contribution >= 0.6 is 0 Å². The summed E-state index contributed by atoms with van der Waals surface area (Å²) < 4.78 is 7.42. The predicted octanol–water partition coefficient (Wildman–Crippen LogP) is 2.80. The number of amides is 1. The average molecular weight is 285 g/mol. The van der Waals surface area contributed by atoms with Gasteiger partial charge in [0.15, 0.2) is 0 Å². The predicted molar refractivity (Wildman–Crippen MR) is 80.4 cm³/mol. The van der Waals surface area contributed by atoms with E-state index in [9.17, 15) is 4.79 Å². The Balaban J connectivity index is 1.65. The van der Waals surface area contributed by atoms with Crippen LogP contribution in [0.4, 0.5) is 5.69 Å². The summed E-state index contributed by atoms with van der Waals surface area (Å²) in [5, 5.41) is 7.06. The third-order valence-electron chi connectivity index (χ3n) is 3.76. The molecule has 1 N–H and O–H groups in total. The van der Waals surface area contributed by atoms with Gasteiger partial charge in [-0.15, -0.1) is 0 Å². The van der Waals surface area contributed by atoms with E-state index in [0.717, 1.165) is 30.0 Å². The third-order valence-corrected chi connectivity index (χ3v) is 3.76. The van der Waals surface area contributed by atoms with Crippen LogP contribution in [-0.4, -0.2) is 22.3 Å². The third kappa shape index (κ3) is 3.07.